The zero-order chi connectivity index (χ0) is 11.5. The Morgan fingerprint density at radius 1 is 0.812 bits per heavy atom. The quantitative estimate of drug-likeness (QED) is 0.352. The van der Waals surface area contributed by atoms with Crippen LogP contribution in [0.3, 0.4) is 0 Å². The first-order valence-electron chi connectivity index (χ1n) is 3.43. The van der Waals surface area contributed by atoms with Crippen LogP contribution in [0.5, 0.6) is 0 Å². The van der Waals surface area contributed by atoms with Gasteiger partial charge in [-0.25, -0.2) is 0 Å². The molecule has 0 fully saturated rings. The third-order valence-electron chi connectivity index (χ3n) is 1.48. The number of aliphatic hydroxyl groups is 4. The predicted octanol–water partition coefficient (Wildman–Crippen LogP) is -7.28. The zero-order valence-corrected chi connectivity index (χ0v) is 10.1. The first kappa shape index (κ1) is 21.3. The summed E-state index contributed by atoms with van der Waals surface area (Å²) in [6.45, 7) is 0. The van der Waals surface area contributed by atoms with Gasteiger partial charge in [0.15, 0.2) is 0 Å². The Hall–Kier alpha value is -0.000260. The molecule has 0 aliphatic rings. The van der Waals surface area contributed by atoms with Gasteiger partial charge in [0.2, 0.25) is 0 Å². The van der Waals surface area contributed by atoms with Crippen molar-refractivity contribution in [3.05, 3.63) is 0 Å². The maximum atomic E-state index is 9.96. The van der Waals surface area contributed by atoms with Crippen molar-refractivity contribution in [2.45, 2.75) is 24.4 Å². The molecular formula is C6H10CaO9. The molecule has 0 amide bonds. The van der Waals surface area contributed by atoms with Gasteiger partial charge in [-0.05, 0) is 0 Å². The largest absolute Gasteiger partial charge is 2.00 e. The normalized spacial score (nSPS) is 17.0. The van der Waals surface area contributed by atoms with Crippen molar-refractivity contribution < 1.29 is 45.7 Å². The standard InChI is InChI=1S/C6H10O8.Ca.H2O/c7-1(3(9)5(11)12)2(8)4(10)6(13)14;;/h1-4,7-10H,(H,11,12)(H,13,14);;1H2/q;+2;/p-2/t1-,2+,3-,4-;;/m0../s1. The Balaban J connectivity index is -0.000000845. The molecule has 0 rings (SSSR count). The summed E-state index contributed by atoms with van der Waals surface area (Å²) in [5, 5.41) is 54.7. The van der Waals surface area contributed by atoms with Gasteiger partial charge < -0.3 is 45.7 Å². The summed E-state index contributed by atoms with van der Waals surface area (Å²) in [7, 11) is 0. The van der Waals surface area contributed by atoms with Crippen molar-refractivity contribution in [1.29, 1.82) is 0 Å². The van der Waals surface area contributed by atoms with Crippen LogP contribution in [-0.4, -0.2) is 100.0 Å². The van der Waals surface area contributed by atoms with Gasteiger partial charge in [0, 0.05) is 0 Å². The smallest absolute Gasteiger partial charge is 0.547 e. The molecule has 0 radical (unpaired) electrons. The minimum atomic E-state index is -2.50. The molecule has 0 bridgehead atoms. The van der Waals surface area contributed by atoms with Crippen molar-refractivity contribution in [3.63, 3.8) is 0 Å². The third kappa shape index (κ3) is 5.91. The molecule has 16 heavy (non-hydrogen) atoms. The van der Waals surface area contributed by atoms with Gasteiger partial charge in [-0.2, -0.15) is 0 Å². The van der Waals surface area contributed by atoms with E-state index >= 15 is 0 Å². The molecular weight excluding hydrogens is 256 g/mol. The van der Waals surface area contributed by atoms with Gasteiger partial charge in [0.1, 0.15) is 24.4 Å². The summed E-state index contributed by atoms with van der Waals surface area (Å²) in [6.07, 6.45) is -9.76. The average Bonchev–Trinajstić information content (AvgIpc) is 2.12. The molecule has 10 heteroatoms. The molecule has 0 aliphatic carbocycles. The SMILES string of the molecule is O.O=C([O-])[C@@H](O)[C@H](O)[C@H](O)[C@H](O)C(=O)[O-].[Ca+2]. The van der Waals surface area contributed by atoms with Gasteiger partial charge in [-0.1, -0.05) is 0 Å². The molecule has 90 valence electrons. The summed E-state index contributed by atoms with van der Waals surface area (Å²) in [5.41, 5.74) is 0. The van der Waals surface area contributed by atoms with Gasteiger partial charge in [0.25, 0.3) is 0 Å². The van der Waals surface area contributed by atoms with Gasteiger partial charge in [-0.15, -0.1) is 0 Å². The van der Waals surface area contributed by atoms with Crippen LogP contribution >= 0.6 is 0 Å². The van der Waals surface area contributed by atoms with E-state index in [0.29, 0.717) is 0 Å². The number of carbonyl (C=O) groups is 2. The Kier molecular flexibility index (Phi) is 12.1. The summed E-state index contributed by atoms with van der Waals surface area (Å²) in [4.78, 5) is 19.9. The number of carboxylic acids is 2. The number of hydrogen-bond donors (Lipinski definition) is 4. The van der Waals surface area contributed by atoms with E-state index < -0.39 is 36.4 Å². The molecule has 0 saturated carbocycles. The van der Waals surface area contributed by atoms with Crippen molar-refractivity contribution in [3.8, 4) is 0 Å². The van der Waals surface area contributed by atoms with E-state index in [2.05, 4.69) is 0 Å². The van der Waals surface area contributed by atoms with Gasteiger partial charge in [0.05, 0.1) is 11.9 Å². The maximum Gasteiger partial charge on any atom is 2.00 e. The van der Waals surface area contributed by atoms with Crippen LogP contribution < -0.4 is 10.2 Å². The molecule has 0 saturated heterocycles. The van der Waals surface area contributed by atoms with E-state index in [-0.39, 0.29) is 43.2 Å². The number of carboxylic acid groups (broad SMARTS) is 2. The van der Waals surface area contributed by atoms with Gasteiger partial charge >= 0.3 is 37.7 Å². The predicted molar refractivity (Wildman–Crippen MR) is 43.4 cm³/mol. The Bertz CT molecular complexity index is 208. The van der Waals surface area contributed by atoms with Crippen molar-refractivity contribution in [2.24, 2.45) is 0 Å². The topological polar surface area (TPSA) is 193 Å². The zero-order valence-electron chi connectivity index (χ0n) is 7.94. The second-order valence-electron chi connectivity index (χ2n) is 2.51. The van der Waals surface area contributed by atoms with E-state index in [9.17, 15) is 19.8 Å². The van der Waals surface area contributed by atoms with Crippen LogP contribution in [0.1, 0.15) is 0 Å². The van der Waals surface area contributed by atoms with Crippen molar-refractivity contribution in [2.75, 3.05) is 0 Å². The number of rotatable bonds is 5. The van der Waals surface area contributed by atoms with E-state index in [4.69, 9.17) is 20.4 Å². The minimum absolute atomic E-state index is 0. The first-order chi connectivity index (χ1) is 6.29. The molecule has 0 aromatic carbocycles. The maximum absolute atomic E-state index is 9.96. The number of carbonyl (C=O) groups excluding carboxylic acids is 2. The summed E-state index contributed by atoms with van der Waals surface area (Å²) in [5.74, 6) is -4.22. The minimum Gasteiger partial charge on any atom is -0.547 e. The molecule has 0 aromatic rings. The van der Waals surface area contributed by atoms with E-state index in [1.807, 2.05) is 0 Å². The Labute approximate surface area is 119 Å². The third-order valence-corrected chi connectivity index (χ3v) is 1.48. The van der Waals surface area contributed by atoms with Crippen molar-refractivity contribution >= 4 is 49.7 Å². The number of aliphatic carboxylic acids is 2. The summed E-state index contributed by atoms with van der Waals surface area (Å²) < 4.78 is 0. The molecule has 0 aliphatic heterocycles. The molecule has 0 unspecified atom stereocenters. The van der Waals surface area contributed by atoms with Crippen LogP contribution in [0.2, 0.25) is 0 Å². The monoisotopic (exact) mass is 266 g/mol. The van der Waals surface area contributed by atoms with Crippen LogP contribution in [0, 0.1) is 0 Å². The summed E-state index contributed by atoms with van der Waals surface area (Å²) >= 11 is 0. The van der Waals surface area contributed by atoms with Crippen LogP contribution in [0.25, 0.3) is 0 Å². The molecule has 0 heterocycles. The average molecular weight is 266 g/mol. The number of hydrogen-bond acceptors (Lipinski definition) is 8. The second-order valence-corrected chi connectivity index (χ2v) is 2.51. The van der Waals surface area contributed by atoms with Gasteiger partial charge in [-0.3, -0.25) is 0 Å². The molecule has 9 nitrogen and oxygen atoms in total. The molecule has 6 N–H and O–H groups in total. The fraction of sp³-hybridized carbons (Fsp3) is 0.667. The second kappa shape index (κ2) is 9.07. The Morgan fingerprint density at radius 2 is 1.00 bits per heavy atom. The molecule has 4 atom stereocenters. The first-order valence-corrected chi connectivity index (χ1v) is 3.43. The molecule has 0 aromatic heterocycles. The fourth-order valence-electron chi connectivity index (χ4n) is 0.652. The van der Waals surface area contributed by atoms with Crippen LogP contribution in [0.15, 0.2) is 0 Å². The van der Waals surface area contributed by atoms with E-state index in [1.54, 1.807) is 0 Å². The van der Waals surface area contributed by atoms with Crippen LogP contribution in [-0.2, 0) is 9.59 Å². The van der Waals surface area contributed by atoms with Crippen LogP contribution in [0.4, 0.5) is 0 Å². The Morgan fingerprint density at radius 3 is 1.12 bits per heavy atom. The fourth-order valence-corrected chi connectivity index (χ4v) is 0.652. The summed E-state index contributed by atoms with van der Waals surface area (Å²) in [6, 6.07) is 0. The molecule has 0 spiro atoms. The van der Waals surface area contributed by atoms with Crippen molar-refractivity contribution in [1.82, 2.24) is 0 Å². The van der Waals surface area contributed by atoms with E-state index in [1.165, 1.54) is 0 Å². The van der Waals surface area contributed by atoms with E-state index in [0.717, 1.165) is 0 Å². The number of aliphatic hydroxyl groups excluding tert-OH is 4.